The molecule has 0 aliphatic rings. The number of carbonyl (C=O) groups excluding carboxylic acids is 1. The number of carboxylic acid groups (broad SMARTS) is 1. The van der Waals surface area contributed by atoms with Gasteiger partial charge in [-0.3, -0.25) is 9.59 Å². The second-order valence-electron chi connectivity index (χ2n) is 7.58. The molecule has 0 bridgehead atoms. The molecule has 2 unspecified atom stereocenters. The fraction of sp³-hybridized carbons (Fsp3) is 0.280. The first-order chi connectivity index (χ1) is 15.4. The summed E-state index contributed by atoms with van der Waals surface area (Å²) < 4.78 is 12.1. The number of aryl methyl sites for hydroxylation is 1. The first kappa shape index (κ1) is 23.3. The predicted octanol–water partition coefficient (Wildman–Crippen LogP) is 5.36. The van der Waals surface area contributed by atoms with E-state index in [2.05, 4.69) is 0 Å². The number of rotatable bonds is 11. The molecule has 0 saturated carbocycles. The average Bonchev–Trinajstić information content (AvgIpc) is 3.29. The minimum Gasteiger partial charge on any atom is -0.489 e. The quantitative estimate of drug-likeness (QED) is 0.407. The number of aliphatic carboxylic acids is 1. The van der Waals surface area contributed by atoms with E-state index in [9.17, 15) is 14.7 Å². The van der Waals surface area contributed by atoms with E-state index in [1.54, 1.807) is 29.5 Å². The number of amides is 1. The van der Waals surface area contributed by atoms with Gasteiger partial charge in [-0.2, -0.15) is 11.3 Å². The molecule has 3 rings (SSSR count). The van der Waals surface area contributed by atoms with E-state index < -0.39 is 23.9 Å². The number of primary amides is 1. The van der Waals surface area contributed by atoms with E-state index in [1.165, 1.54) is 0 Å². The molecule has 7 heteroatoms. The van der Waals surface area contributed by atoms with Crippen LogP contribution in [0.5, 0.6) is 11.5 Å². The molecule has 3 aromatic rings. The zero-order chi connectivity index (χ0) is 23.1. The molecule has 0 fully saturated rings. The van der Waals surface area contributed by atoms with Gasteiger partial charge in [-0.05, 0) is 59.0 Å². The van der Waals surface area contributed by atoms with E-state index in [0.29, 0.717) is 18.8 Å². The monoisotopic (exact) mass is 453 g/mol. The van der Waals surface area contributed by atoms with Gasteiger partial charge in [0.1, 0.15) is 24.2 Å². The third-order valence-electron chi connectivity index (χ3n) is 5.35. The van der Waals surface area contributed by atoms with Crippen LogP contribution >= 0.6 is 11.3 Å². The normalized spacial score (nSPS) is 12.7. The highest BCUT2D eigenvalue weighted by Gasteiger charge is 2.26. The standard InChI is InChI=1S/C25H27NO5S/c1-3-18(25(28)29)12-22(20-7-5-4-6-16(20)2)31-23-13-19(8-9-21(23)24(26)27)30-14-17-10-11-32-15-17/h4-11,13,15,18,22H,3,12,14H2,1-2H3,(H2,26,27)(H,28,29). The lowest BCUT2D eigenvalue weighted by Crippen LogP contribution is -2.21. The van der Waals surface area contributed by atoms with E-state index in [0.717, 1.165) is 16.7 Å². The first-order valence-corrected chi connectivity index (χ1v) is 11.4. The van der Waals surface area contributed by atoms with Gasteiger partial charge in [0, 0.05) is 12.5 Å². The Balaban J connectivity index is 1.93. The summed E-state index contributed by atoms with van der Waals surface area (Å²) >= 11 is 1.59. The van der Waals surface area contributed by atoms with Crippen LogP contribution in [0.15, 0.2) is 59.3 Å². The van der Waals surface area contributed by atoms with Gasteiger partial charge >= 0.3 is 5.97 Å². The van der Waals surface area contributed by atoms with Crippen molar-refractivity contribution in [2.24, 2.45) is 11.7 Å². The predicted molar refractivity (Wildman–Crippen MR) is 124 cm³/mol. The number of carbonyl (C=O) groups is 2. The highest BCUT2D eigenvalue weighted by Crippen LogP contribution is 2.34. The molecule has 0 aliphatic heterocycles. The molecule has 1 aromatic heterocycles. The highest BCUT2D eigenvalue weighted by molar-refractivity contribution is 7.07. The van der Waals surface area contributed by atoms with Crippen LogP contribution in [0.25, 0.3) is 0 Å². The zero-order valence-corrected chi connectivity index (χ0v) is 18.9. The van der Waals surface area contributed by atoms with Gasteiger partial charge in [-0.25, -0.2) is 0 Å². The van der Waals surface area contributed by atoms with Crippen molar-refractivity contribution in [3.63, 3.8) is 0 Å². The fourth-order valence-corrected chi connectivity index (χ4v) is 4.13. The average molecular weight is 454 g/mol. The molecule has 0 radical (unpaired) electrons. The van der Waals surface area contributed by atoms with Crippen LogP contribution in [0.3, 0.4) is 0 Å². The largest absolute Gasteiger partial charge is 0.489 e. The second kappa shape index (κ2) is 10.8. The van der Waals surface area contributed by atoms with Crippen LogP contribution in [-0.2, 0) is 11.4 Å². The lowest BCUT2D eigenvalue weighted by atomic mass is 9.92. The van der Waals surface area contributed by atoms with Crippen LogP contribution in [0.4, 0.5) is 0 Å². The van der Waals surface area contributed by atoms with Crippen molar-refractivity contribution in [1.82, 2.24) is 0 Å². The molecule has 1 heterocycles. The van der Waals surface area contributed by atoms with E-state index in [1.807, 2.05) is 54.9 Å². The van der Waals surface area contributed by atoms with Crippen LogP contribution in [0.2, 0.25) is 0 Å². The van der Waals surface area contributed by atoms with Gasteiger partial charge in [-0.1, -0.05) is 31.2 Å². The van der Waals surface area contributed by atoms with Crippen molar-refractivity contribution in [3.8, 4) is 11.5 Å². The summed E-state index contributed by atoms with van der Waals surface area (Å²) in [6.07, 6.45) is 0.157. The fourth-order valence-electron chi connectivity index (χ4n) is 3.48. The Bertz CT molecular complexity index is 1060. The number of benzene rings is 2. The molecule has 0 saturated heterocycles. The molecule has 0 aliphatic carbocycles. The Morgan fingerprint density at radius 2 is 1.94 bits per heavy atom. The highest BCUT2D eigenvalue weighted by atomic mass is 32.1. The summed E-state index contributed by atoms with van der Waals surface area (Å²) in [6, 6.07) is 14.5. The van der Waals surface area contributed by atoms with Gasteiger partial charge in [0.2, 0.25) is 0 Å². The van der Waals surface area contributed by atoms with Gasteiger partial charge in [0.05, 0.1) is 11.5 Å². The smallest absolute Gasteiger partial charge is 0.306 e. The summed E-state index contributed by atoms with van der Waals surface area (Å²) in [7, 11) is 0. The molecule has 168 valence electrons. The molecule has 0 spiro atoms. The molecular weight excluding hydrogens is 426 g/mol. The van der Waals surface area contributed by atoms with Crippen molar-refractivity contribution in [2.75, 3.05) is 0 Å². The van der Waals surface area contributed by atoms with Crippen molar-refractivity contribution in [3.05, 3.63) is 81.5 Å². The van der Waals surface area contributed by atoms with Crippen LogP contribution in [0.1, 0.15) is 52.9 Å². The molecular formula is C25H27NO5S. The molecule has 3 N–H and O–H groups in total. The summed E-state index contributed by atoms with van der Waals surface area (Å²) in [6.45, 7) is 4.17. The van der Waals surface area contributed by atoms with Crippen molar-refractivity contribution < 1.29 is 24.2 Å². The maximum absolute atomic E-state index is 12.1. The molecule has 6 nitrogen and oxygen atoms in total. The van der Waals surface area contributed by atoms with Crippen molar-refractivity contribution in [2.45, 2.75) is 39.4 Å². The summed E-state index contributed by atoms with van der Waals surface area (Å²) in [5.74, 6) is -1.29. The lowest BCUT2D eigenvalue weighted by molar-refractivity contribution is -0.142. The maximum Gasteiger partial charge on any atom is 0.306 e. The Morgan fingerprint density at radius 1 is 1.16 bits per heavy atom. The molecule has 2 atom stereocenters. The number of thiophene rings is 1. The maximum atomic E-state index is 12.1. The number of hydrogen-bond donors (Lipinski definition) is 2. The number of carboxylic acids is 1. The van der Waals surface area contributed by atoms with Crippen LogP contribution < -0.4 is 15.2 Å². The zero-order valence-electron chi connectivity index (χ0n) is 18.1. The molecule has 2 aromatic carbocycles. The van der Waals surface area contributed by atoms with Gasteiger partial charge < -0.3 is 20.3 Å². The third-order valence-corrected chi connectivity index (χ3v) is 6.08. The molecule has 1 amide bonds. The first-order valence-electron chi connectivity index (χ1n) is 10.4. The van der Waals surface area contributed by atoms with E-state index in [-0.39, 0.29) is 17.7 Å². The Morgan fingerprint density at radius 3 is 2.56 bits per heavy atom. The Hall–Kier alpha value is -3.32. The van der Waals surface area contributed by atoms with Gasteiger partial charge in [0.25, 0.3) is 5.91 Å². The Labute approximate surface area is 191 Å². The Kier molecular flexibility index (Phi) is 7.89. The topological polar surface area (TPSA) is 98.9 Å². The molecule has 32 heavy (non-hydrogen) atoms. The number of ether oxygens (including phenoxy) is 2. The summed E-state index contributed by atoms with van der Waals surface area (Å²) in [4.78, 5) is 23.8. The van der Waals surface area contributed by atoms with E-state index >= 15 is 0 Å². The lowest BCUT2D eigenvalue weighted by Gasteiger charge is -2.25. The number of nitrogens with two attached hydrogens (primary N) is 1. The van der Waals surface area contributed by atoms with Crippen molar-refractivity contribution in [1.29, 1.82) is 0 Å². The summed E-state index contributed by atoms with van der Waals surface area (Å²) in [5, 5.41) is 13.6. The summed E-state index contributed by atoms with van der Waals surface area (Å²) in [5.41, 5.74) is 8.69. The van der Waals surface area contributed by atoms with Crippen LogP contribution in [-0.4, -0.2) is 17.0 Å². The van der Waals surface area contributed by atoms with Gasteiger partial charge in [0.15, 0.2) is 0 Å². The number of hydrogen-bond acceptors (Lipinski definition) is 5. The van der Waals surface area contributed by atoms with Crippen molar-refractivity contribution >= 4 is 23.2 Å². The minimum atomic E-state index is -0.877. The minimum absolute atomic E-state index is 0.217. The third kappa shape index (κ3) is 5.88. The second-order valence-corrected chi connectivity index (χ2v) is 8.36. The van der Waals surface area contributed by atoms with Crippen LogP contribution in [0, 0.1) is 12.8 Å². The SMILES string of the molecule is CCC(CC(Oc1cc(OCc2ccsc2)ccc1C(N)=O)c1ccccc1C)C(=O)O. The van der Waals surface area contributed by atoms with E-state index in [4.69, 9.17) is 15.2 Å². The van der Waals surface area contributed by atoms with Gasteiger partial charge in [-0.15, -0.1) is 0 Å².